The van der Waals surface area contributed by atoms with E-state index in [9.17, 15) is 0 Å². The second-order valence-corrected chi connectivity index (χ2v) is 12.0. The molecule has 0 saturated heterocycles. The number of benzene rings is 7. The van der Waals surface area contributed by atoms with Gasteiger partial charge in [0.1, 0.15) is 0 Å². The van der Waals surface area contributed by atoms with E-state index in [0.29, 0.717) is 0 Å². The van der Waals surface area contributed by atoms with Crippen LogP contribution < -0.4 is 0 Å². The molecule has 8 aromatic rings. The van der Waals surface area contributed by atoms with Crippen LogP contribution in [0, 0.1) is 0 Å². The predicted octanol–water partition coefficient (Wildman–Crippen LogP) is 12.4. The van der Waals surface area contributed by atoms with Gasteiger partial charge in [-0.15, -0.1) is 11.3 Å². The molecule has 1 aromatic heterocycles. The third-order valence-corrected chi connectivity index (χ3v) is 9.48. The summed E-state index contributed by atoms with van der Waals surface area (Å²) in [5.41, 5.74) is 12.4. The van der Waals surface area contributed by atoms with Crippen LogP contribution in [0.3, 0.4) is 0 Å². The molecule has 0 fully saturated rings. The van der Waals surface area contributed by atoms with Crippen molar-refractivity contribution >= 4 is 31.5 Å². The Bertz CT molecular complexity index is 2210. The molecule has 0 nitrogen and oxygen atoms in total. The lowest BCUT2D eigenvalue weighted by Gasteiger charge is -2.11. The molecule has 0 saturated carbocycles. The molecule has 43 heavy (non-hydrogen) atoms. The van der Waals surface area contributed by atoms with Crippen LogP contribution in [0.4, 0.5) is 0 Å². The van der Waals surface area contributed by atoms with E-state index in [4.69, 9.17) is 0 Å². The lowest BCUT2D eigenvalue weighted by atomic mass is 9.93. The summed E-state index contributed by atoms with van der Waals surface area (Å²) in [7, 11) is 0. The Labute approximate surface area is 256 Å². The molecule has 1 heteroatoms. The highest BCUT2D eigenvalue weighted by molar-refractivity contribution is 7.26. The second-order valence-electron chi connectivity index (χ2n) is 11.0. The third-order valence-electron chi connectivity index (χ3n) is 8.26. The fraction of sp³-hybridized carbons (Fsp3) is 0. The monoisotopic (exact) mass is 564 g/mol. The Kier molecular flexibility index (Phi) is 6.44. The SMILES string of the molecule is c1ccc(-c2cccc(-c3ccc4sc5c(-c6ccccc6)cc(-c6cccc(-c7ccccc7)c6)cc5c4c3)c2)cc1. The molecular weight excluding hydrogens is 537 g/mol. The molecule has 202 valence electrons. The first kappa shape index (κ1) is 25.5. The van der Waals surface area contributed by atoms with Gasteiger partial charge in [-0.05, 0) is 86.5 Å². The van der Waals surface area contributed by atoms with Crippen molar-refractivity contribution in [3.8, 4) is 55.6 Å². The standard InChI is InChI=1S/C42H28S/c1-4-12-29(13-5-1)32-18-10-20-34(24-32)36-22-23-41-39(26-36)40-28-37(27-38(42(40)43-41)31-16-8-3-9-17-31)35-21-11-19-33(25-35)30-14-6-2-7-15-30/h1-28H. The van der Waals surface area contributed by atoms with E-state index in [1.807, 2.05) is 11.3 Å². The van der Waals surface area contributed by atoms with Crippen molar-refractivity contribution in [2.75, 3.05) is 0 Å². The van der Waals surface area contributed by atoms with Crippen molar-refractivity contribution in [2.24, 2.45) is 0 Å². The van der Waals surface area contributed by atoms with E-state index < -0.39 is 0 Å². The molecule has 0 aliphatic carbocycles. The number of hydrogen-bond donors (Lipinski definition) is 0. The van der Waals surface area contributed by atoms with Gasteiger partial charge in [-0.25, -0.2) is 0 Å². The van der Waals surface area contributed by atoms with Gasteiger partial charge in [0.15, 0.2) is 0 Å². The van der Waals surface area contributed by atoms with E-state index in [1.54, 1.807) is 0 Å². The summed E-state index contributed by atoms with van der Waals surface area (Å²) in [6.45, 7) is 0. The number of hydrogen-bond acceptors (Lipinski definition) is 1. The van der Waals surface area contributed by atoms with Crippen molar-refractivity contribution in [3.05, 3.63) is 170 Å². The molecule has 8 rings (SSSR count). The van der Waals surface area contributed by atoms with Crippen LogP contribution in [0.25, 0.3) is 75.8 Å². The topological polar surface area (TPSA) is 0 Å². The first-order chi connectivity index (χ1) is 21.3. The van der Waals surface area contributed by atoms with Gasteiger partial charge in [-0.1, -0.05) is 133 Å². The molecule has 0 aliphatic heterocycles. The van der Waals surface area contributed by atoms with Crippen LogP contribution in [0.2, 0.25) is 0 Å². The lowest BCUT2D eigenvalue weighted by molar-refractivity contribution is 1.60. The summed E-state index contributed by atoms with van der Waals surface area (Å²) in [4.78, 5) is 0. The molecule has 0 spiro atoms. The maximum atomic E-state index is 2.40. The Hall–Kier alpha value is -5.24. The minimum atomic E-state index is 1.23. The molecule has 7 aromatic carbocycles. The zero-order chi connectivity index (χ0) is 28.6. The highest BCUT2D eigenvalue weighted by atomic mass is 32.1. The molecule has 0 bridgehead atoms. The fourth-order valence-corrected chi connectivity index (χ4v) is 7.27. The first-order valence-electron chi connectivity index (χ1n) is 14.7. The summed E-state index contributed by atoms with van der Waals surface area (Å²) in [5.74, 6) is 0. The summed E-state index contributed by atoms with van der Waals surface area (Å²) in [6, 6.07) is 61.6. The van der Waals surface area contributed by atoms with E-state index in [0.717, 1.165) is 0 Å². The van der Waals surface area contributed by atoms with Gasteiger partial charge in [0.2, 0.25) is 0 Å². The van der Waals surface area contributed by atoms with Crippen LogP contribution in [0.5, 0.6) is 0 Å². The third kappa shape index (κ3) is 4.84. The zero-order valence-electron chi connectivity index (χ0n) is 23.6. The number of fused-ring (bicyclic) bond motifs is 3. The van der Waals surface area contributed by atoms with Crippen LogP contribution in [-0.2, 0) is 0 Å². The van der Waals surface area contributed by atoms with Crippen molar-refractivity contribution in [1.82, 2.24) is 0 Å². The Morgan fingerprint density at radius 3 is 1.30 bits per heavy atom. The molecule has 0 radical (unpaired) electrons. The van der Waals surface area contributed by atoms with Gasteiger partial charge in [0.25, 0.3) is 0 Å². The highest BCUT2D eigenvalue weighted by Crippen LogP contribution is 2.44. The van der Waals surface area contributed by atoms with E-state index in [-0.39, 0.29) is 0 Å². The summed E-state index contributed by atoms with van der Waals surface area (Å²) >= 11 is 1.89. The minimum absolute atomic E-state index is 1.23. The highest BCUT2D eigenvalue weighted by Gasteiger charge is 2.15. The largest absolute Gasteiger partial charge is 0.135 e. The summed E-state index contributed by atoms with van der Waals surface area (Å²) in [6.07, 6.45) is 0. The average molecular weight is 565 g/mol. The molecular formula is C42H28S. The van der Waals surface area contributed by atoms with E-state index >= 15 is 0 Å². The maximum Gasteiger partial charge on any atom is 0.0434 e. The van der Waals surface area contributed by atoms with Gasteiger partial charge in [-0.3, -0.25) is 0 Å². The van der Waals surface area contributed by atoms with E-state index in [2.05, 4.69) is 170 Å². The van der Waals surface area contributed by atoms with Crippen molar-refractivity contribution in [1.29, 1.82) is 0 Å². The van der Waals surface area contributed by atoms with Crippen LogP contribution >= 0.6 is 11.3 Å². The van der Waals surface area contributed by atoms with Gasteiger partial charge < -0.3 is 0 Å². The number of rotatable bonds is 5. The van der Waals surface area contributed by atoms with Crippen molar-refractivity contribution in [3.63, 3.8) is 0 Å². The Morgan fingerprint density at radius 1 is 0.279 bits per heavy atom. The van der Waals surface area contributed by atoms with Crippen molar-refractivity contribution in [2.45, 2.75) is 0 Å². The van der Waals surface area contributed by atoms with Gasteiger partial charge >= 0.3 is 0 Å². The average Bonchev–Trinajstić information content (AvgIpc) is 3.47. The van der Waals surface area contributed by atoms with Gasteiger partial charge in [0.05, 0.1) is 0 Å². The van der Waals surface area contributed by atoms with Crippen LogP contribution in [-0.4, -0.2) is 0 Å². The number of thiophene rings is 1. The molecule has 0 aliphatic rings. The Balaban J connectivity index is 1.32. The quantitative estimate of drug-likeness (QED) is 0.195. The molecule has 0 amide bonds. The zero-order valence-corrected chi connectivity index (χ0v) is 24.4. The smallest absolute Gasteiger partial charge is 0.0434 e. The maximum absolute atomic E-state index is 2.40. The normalized spacial score (nSPS) is 11.3. The van der Waals surface area contributed by atoms with Crippen molar-refractivity contribution < 1.29 is 0 Å². The van der Waals surface area contributed by atoms with Gasteiger partial charge in [-0.2, -0.15) is 0 Å². The van der Waals surface area contributed by atoms with Crippen LogP contribution in [0.1, 0.15) is 0 Å². The first-order valence-corrected chi connectivity index (χ1v) is 15.5. The fourth-order valence-electron chi connectivity index (χ4n) is 6.07. The molecule has 0 N–H and O–H groups in total. The molecule has 1 heterocycles. The molecule has 0 unspecified atom stereocenters. The van der Waals surface area contributed by atoms with E-state index in [1.165, 1.54) is 75.8 Å². The minimum Gasteiger partial charge on any atom is -0.135 e. The van der Waals surface area contributed by atoms with Gasteiger partial charge in [0, 0.05) is 25.7 Å². The lowest BCUT2D eigenvalue weighted by Crippen LogP contribution is -1.85. The summed E-state index contributed by atoms with van der Waals surface area (Å²) < 4.78 is 2.64. The predicted molar refractivity (Wildman–Crippen MR) is 187 cm³/mol. The molecule has 0 atom stereocenters. The summed E-state index contributed by atoms with van der Waals surface area (Å²) in [5, 5.41) is 2.61. The second kappa shape index (κ2) is 10.9. The van der Waals surface area contributed by atoms with Crippen LogP contribution in [0.15, 0.2) is 170 Å². The Morgan fingerprint density at radius 2 is 0.721 bits per heavy atom.